The van der Waals surface area contributed by atoms with Crippen LogP contribution in [0.25, 0.3) is 0 Å². The number of hydrogen-bond acceptors (Lipinski definition) is 3. The van der Waals surface area contributed by atoms with Gasteiger partial charge < -0.3 is 10.6 Å². The molecule has 1 aromatic rings. The second-order valence-electron chi connectivity index (χ2n) is 3.90. The highest BCUT2D eigenvalue weighted by molar-refractivity contribution is 14.1. The lowest BCUT2D eigenvalue weighted by atomic mass is 10.2. The van der Waals surface area contributed by atoms with Crippen molar-refractivity contribution < 1.29 is 9.59 Å². The van der Waals surface area contributed by atoms with E-state index in [4.69, 9.17) is 0 Å². The molecule has 3 amide bonds. The maximum absolute atomic E-state index is 11.6. The molecule has 1 aromatic carbocycles. The lowest BCUT2D eigenvalue weighted by molar-refractivity contribution is -0.120. The fourth-order valence-electron chi connectivity index (χ4n) is 1.28. The molecule has 1 unspecified atom stereocenters. The smallest absolute Gasteiger partial charge is 0.321 e. The Morgan fingerprint density at radius 2 is 2.00 bits per heavy atom. The number of anilines is 1. The number of rotatable bonds is 3. The van der Waals surface area contributed by atoms with Crippen LogP contribution in [0.5, 0.6) is 0 Å². The Hall–Kier alpha value is -1.31. The average molecular weight is 361 g/mol. The largest absolute Gasteiger partial charge is 0.374 e. The summed E-state index contributed by atoms with van der Waals surface area (Å²) in [5, 5.41) is 7.60. The molecule has 0 bridgehead atoms. The van der Waals surface area contributed by atoms with Gasteiger partial charge in [0, 0.05) is 16.3 Å². The van der Waals surface area contributed by atoms with Crippen LogP contribution in [0.15, 0.2) is 18.2 Å². The first-order valence-electron chi connectivity index (χ1n) is 5.49. The highest BCUT2D eigenvalue weighted by atomic mass is 127. The number of benzene rings is 1. The number of imide groups is 1. The average Bonchev–Trinajstić information content (AvgIpc) is 2.33. The molecule has 0 radical (unpaired) electrons. The van der Waals surface area contributed by atoms with Crippen LogP contribution in [0, 0.1) is 10.5 Å². The predicted octanol–water partition coefficient (Wildman–Crippen LogP) is 1.86. The Kier molecular flexibility index (Phi) is 5.39. The van der Waals surface area contributed by atoms with Crippen LogP contribution in [0.4, 0.5) is 10.5 Å². The lowest BCUT2D eigenvalue weighted by Gasteiger charge is -2.15. The first kappa shape index (κ1) is 14.7. The van der Waals surface area contributed by atoms with Gasteiger partial charge in [-0.15, -0.1) is 0 Å². The highest BCUT2D eigenvalue weighted by Gasteiger charge is 2.14. The van der Waals surface area contributed by atoms with Gasteiger partial charge in [-0.05, 0) is 54.1 Å². The molecule has 5 nitrogen and oxygen atoms in total. The molecule has 0 saturated heterocycles. The van der Waals surface area contributed by atoms with E-state index in [2.05, 4.69) is 38.5 Å². The molecule has 0 spiro atoms. The SMILES string of the molecule is CNC(=O)NC(=O)C(C)Nc1ccc(C)c(I)c1. The number of carbonyl (C=O) groups excluding carboxylic acids is 2. The van der Waals surface area contributed by atoms with Crippen molar-refractivity contribution in [1.29, 1.82) is 0 Å². The van der Waals surface area contributed by atoms with E-state index < -0.39 is 12.1 Å². The number of hydrogen-bond donors (Lipinski definition) is 3. The predicted molar refractivity (Wildman–Crippen MR) is 79.6 cm³/mol. The fraction of sp³-hybridized carbons (Fsp3) is 0.333. The normalized spacial score (nSPS) is 11.6. The maximum atomic E-state index is 11.6. The van der Waals surface area contributed by atoms with Crippen LogP contribution in [-0.2, 0) is 4.79 Å². The minimum Gasteiger partial charge on any atom is -0.374 e. The number of halogens is 1. The van der Waals surface area contributed by atoms with Crippen molar-refractivity contribution in [3.05, 3.63) is 27.3 Å². The van der Waals surface area contributed by atoms with E-state index in [1.54, 1.807) is 6.92 Å². The van der Waals surface area contributed by atoms with Gasteiger partial charge in [-0.25, -0.2) is 4.79 Å². The number of carbonyl (C=O) groups is 2. The molecule has 0 fully saturated rings. The molecule has 0 aromatic heterocycles. The molecule has 0 heterocycles. The number of amides is 3. The van der Waals surface area contributed by atoms with E-state index in [-0.39, 0.29) is 5.91 Å². The summed E-state index contributed by atoms with van der Waals surface area (Å²) in [6, 6.07) is 4.85. The second-order valence-corrected chi connectivity index (χ2v) is 5.06. The van der Waals surface area contributed by atoms with Crippen molar-refractivity contribution in [2.45, 2.75) is 19.9 Å². The molecule has 0 aliphatic carbocycles. The van der Waals surface area contributed by atoms with Crippen LogP contribution in [0.2, 0.25) is 0 Å². The van der Waals surface area contributed by atoms with Gasteiger partial charge in [0.05, 0.1) is 0 Å². The first-order valence-corrected chi connectivity index (χ1v) is 6.57. The molecule has 18 heavy (non-hydrogen) atoms. The molecule has 1 atom stereocenters. The molecule has 98 valence electrons. The maximum Gasteiger partial charge on any atom is 0.321 e. The van der Waals surface area contributed by atoms with Gasteiger partial charge in [0.15, 0.2) is 0 Å². The van der Waals surface area contributed by atoms with Crippen molar-refractivity contribution in [3.8, 4) is 0 Å². The Morgan fingerprint density at radius 3 is 2.56 bits per heavy atom. The van der Waals surface area contributed by atoms with Gasteiger partial charge in [-0.2, -0.15) is 0 Å². The van der Waals surface area contributed by atoms with E-state index in [9.17, 15) is 9.59 Å². The van der Waals surface area contributed by atoms with Crippen molar-refractivity contribution >= 4 is 40.2 Å². The third-order valence-corrected chi connectivity index (χ3v) is 3.57. The van der Waals surface area contributed by atoms with E-state index in [0.717, 1.165) is 9.26 Å². The number of urea groups is 1. The molecule has 1 rings (SSSR count). The zero-order chi connectivity index (χ0) is 13.7. The molecule has 3 N–H and O–H groups in total. The van der Waals surface area contributed by atoms with Gasteiger partial charge in [0.1, 0.15) is 6.04 Å². The summed E-state index contributed by atoms with van der Waals surface area (Å²) >= 11 is 2.24. The van der Waals surface area contributed by atoms with E-state index in [1.807, 2.05) is 25.1 Å². The van der Waals surface area contributed by atoms with Gasteiger partial charge in [0.2, 0.25) is 5.91 Å². The molecule has 0 aliphatic rings. The molecular weight excluding hydrogens is 345 g/mol. The zero-order valence-electron chi connectivity index (χ0n) is 10.5. The summed E-state index contributed by atoms with van der Waals surface area (Å²) in [7, 11) is 1.46. The third kappa shape index (κ3) is 4.17. The summed E-state index contributed by atoms with van der Waals surface area (Å²) in [5.74, 6) is -0.370. The van der Waals surface area contributed by atoms with E-state index >= 15 is 0 Å². The van der Waals surface area contributed by atoms with Crippen LogP contribution in [0.3, 0.4) is 0 Å². The monoisotopic (exact) mass is 361 g/mol. The molecule has 0 saturated carbocycles. The summed E-state index contributed by atoms with van der Waals surface area (Å²) in [6.07, 6.45) is 0. The highest BCUT2D eigenvalue weighted by Crippen LogP contribution is 2.17. The topological polar surface area (TPSA) is 70.2 Å². The minimum absolute atomic E-state index is 0.370. The van der Waals surface area contributed by atoms with Crippen molar-refractivity contribution in [2.24, 2.45) is 0 Å². The zero-order valence-corrected chi connectivity index (χ0v) is 12.7. The van der Waals surface area contributed by atoms with Gasteiger partial charge >= 0.3 is 6.03 Å². The van der Waals surface area contributed by atoms with Gasteiger partial charge in [-0.1, -0.05) is 6.07 Å². The quantitative estimate of drug-likeness (QED) is 0.720. The van der Waals surface area contributed by atoms with E-state index in [0.29, 0.717) is 0 Å². The van der Waals surface area contributed by atoms with Crippen LogP contribution >= 0.6 is 22.6 Å². The summed E-state index contributed by atoms with van der Waals surface area (Å²) in [5.41, 5.74) is 2.04. The van der Waals surface area contributed by atoms with Crippen LogP contribution < -0.4 is 16.0 Å². The second kappa shape index (κ2) is 6.58. The Morgan fingerprint density at radius 1 is 1.33 bits per heavy atom. The summed E-state index contributed by atoms with van der Waals surface area (Å²) in [6.45, 7) is 3.72. The molecule has 0 aliphatic heterocycles. The Labute approximate surface area is 120 Å². The minimum atomic E-state index is -0.507. The fourth-order valence-corrected chi connectivity index (χ4v) is 1.80. The van der Waals surface area contributed by atoms with Crippen LogP contribution in [-0.4, -0.2) is 25.0 Å². The van der Waals surface area contributed by atoms with Crippen molar-refractivity contribution in [3.63, 3.8) is 0 Å². The van der Waals surface area contributed by atoms with Crippen LogP contribution in [0.1, 0.15) is 12.5 Å². The number of aryl methyl sites for hydroxylation is 1. The van der Waals surface area contributed by atoms with E-state index in [1.165, 1.54) is 12.6 Å². The first-order chi connectivity index (χ1) is 8.43. The van der Waals surface area contributed by atoms with Gasteiger partial charge in [-0.3, -0.25) is 10.1 Å². The lowest BCUT2D eigenvalue weighted by Crippen LogP contribution is -2.44. The summed E-state index contributed by atoms with van der Waals surface area (Å²) in [4.78, 5) is 22.6. The third-order valence-electron chi connectivity index (χ3n) is 2.41. The number of nitrogens with one attached hydrogen (secondary N) is 3. The molecular formula is C12H16IN3O2. The standard InChI is InChI=1S/C12H16IN3O2/c1-7-4-5-9(6-10(7)13)15-8(2)11(17)16-12(18)14-3/h4-6,8,15H,1-3H3,(H2,14,16,17,18). The van der Waals surface area contributed by atoms with Crippen molar-refractivity contribution in [2.75, 3.05) is 12.4 Å². The molecule has 6 heteroatoms. The Balaban J connectivity index is 2.63. The summed E-state index contributed by atoms with van der Waals surface area (Å²) < 4.78 is 1.12. The Bertz CT molecular complexity index is 463. The van der Waals surface area contributed by atoms with Crippen molar-refractivity contribution in [1.82, 2.24) is 10.6 Å². The van der Waals surface area contributed by atoms with Gasteiger partial charge in [0.25, 0.3) is 0 Å².